The summed E-state index contributed by atoms with van der Waals surface area (Å²) in [4.78, 5) is 53.5. The van der Waals surface area contributed by atoms with Gasteiger partial charge in [0.25, 0.3) is 5.92 Å². The van der Waals surface area contributed by atoms with Crippen molar-refractivity contribution >= 4 is 50.1 Å². The number of benzene rings is 1. The molecule has 3 aliphatic carbocycles. The van der Waals surface area contributed by atoms with Gasteiger partial charge in [0, 0.05) is 150 Å². The fourth-order valence-electron chi connectivity index (χ4n) is 11.0. The van der Waals surface area contributed by atoms with Gasteiger partial charge in [-0.25, -0.2) is 23.7 Å². The van der Waals surface area contributed by atoms with E-state index in [2.05, 4.69) is 37.3 Å². The van der Waals surface area contributed by atoms with Crippen LogP contribution < -0.4 is 14.2 Å². The Kier molecular flexibility index (Phi) is 16.7. The van der Waals surface area contributed by atoms with E-state index in [-0.39, 0.29) is 47.4 Å². The summed E-state index contributed by atoms with van der Waals surface area (Å²) >= 11 is 0. The number of aryl methyl sites for hydroxylation is 5. The average molecular weight is 1120 g/mol. The van der Waals surface area contributed by atoms with Crippen molar-refractivity contribution in [2.45, 2.75) is 137 Å². The maximum atomic E-state index is 13.5. The van der Waals surface area contributed by atoms with Gasteiger partial charge in [0.05, 0.1) is 56.0 Å². The second-order valence-corrected chi connectivity index (χ2v) is 22.2. The molecule has 3 saturated carbocycles. The molecule has 0 radical (unpaired) electrons. The molecule has 18 nitrogen and oxygen atoms in total. The standard InChI is InChI=1S/C22H23F2N3O2.C21H24N4O2.C19H23N5O2/c1-13(15-6-9-17(28)10-15)29-21-18-12-27(3)26-20(18)11-19(25-21)14-4-7-16(8-5-14)22(2,23)24;1-4-16-7-5-15(11-22-16)19-10-20-18(12-25(3)24-20)21(23-19)27-13(2)14-6-8-17(26)9-14;1-4-24-10-14(9-20-24)17-8-18-16(11-23(3)22-18)19(21-17)26-12(2)13-5-6-15(25)7-13/h4-5,7-8,11-13,15H,6,9-10H2,1-3H3;5,7,10-14H,4,6,8-9H2,1-3H3;8-13H,4-7H2,1-3H3/t13-,15+;13-,14+;12-,13+/m111/s1. The fraction of sp³-hybridized carbons (Fsp3) is 0.435. The van der Waals surface area contributed by atoms with Crippen LogP contribution in [0.25, 0.3) is 66.5 Å². The van der Waals surface area contributed by atoms with Gasteiger partial charge in [-0.15, -0.1) is 0 Å². The number of fused-ring (bicyclic) bond motifs is 3. The summed E-state index contributed by atoms with van der Waals surface area (Å²) < 4.78 is 52.8. The van der Waals surface area contributed by atoms with Crippen molar-refractivity contribution in [2.24, 2.45) is 38.9 Å². The molecule has 8 heterocycles. The summed E-state index contributed by atoms with van der Waals surface area (Å²) in [6.45, 7) is 11.8. The van der Waals surface area contributed by atoms with Gasteiger partial charge in [-0.2, -0.15) is 20.4 Å². The van der Waals surface area contributed by atoms with E-state index in [4.69, 9.17) is 24.2 Å². The number of Topliss-reactive ketones (excluding diaryl/α,β-unsaturated/α-hetero) is 3. The molecule has 0 unspecified atom stereocenters. The lowest BCUT2D eigenvalue weighted by Crippen LogP contribution is -2.22. The van der Waals surface area contributed by atoms with Crippen molar-refractivity contribution in [3.8, 4) is 51.4 Å². The Labute approximate surface area is 474 Å². The zero-order valence-corrected chi connectivity index (χ0v) is 48.0. The Bertz CT molecular complexity index is 3770. The molecule has 0 bridgehead atoms. The summed E-state index contributed by atoms with van der Waals surface area (Å²) in [5.74, 6) is 0.293. The zero-order chi connectivity index (χ0) is 58.0. The number of hydrogen-bond acceptors (Lipinski definition) is 14. The van der Waals surface area contributed by atoms with Crippen LogP contribution >= 0.6 is 0 Å². The lowest BCUT2D eigenvalue weighted by Gasteiger charge is -2.20. The number of pyridine rings is 4. The Hall–Kier alpha value is -8.29. The molecule has 3 aliphatic rings. The highest BCUT2D eigenvalue weighted by Gasteiger charge is 2.32. The largest absolute Gasteiger partial charge is 0.474 e. The van der Waals surface area contributed by atoms with E-state index in [0.717, 1.165) is 94.6 Å². The van der Waals surface area contributed by atoms with Crippen LogP contribution in [-0.4, -0.2) is 94.7 Å². The van der Waals surface area contributed by atoms with Crippen molar-refractivity contribution < 1.29 is 37.4 Å². The highest BCUT2D eigenvalue weighted by atomic mass is 19.3. The first-order valence-electron chi connectivity index (χ1n) is 28.3. The van der Waals surface area contributed by atoms with E-state index in [1.165, 1.54) is 12.1 Å². The molecule has 0 aliphatic heterocycles. The minimum absolute atomic E-state index is 0.0452. The quantitative estimate of drug-likeness (QED) is 0.0938. The van der Waals surface area contributed by atoms with E-state index in [1.807, 2.05) is 121 Å². The average Bonchev–Trinajstić information content (AvgIpc) is 4.30. The second-order valence-electron chi connectivity index (χ2n) is 22.2. The first-order chi connectivity index (χ1) is 39.3. The van der Waals surface area contributed by atoms with Gasteiger partial charge >= 0.3 is 0 Å². The van der Waals surface area contributed by atoms with Crippen LogP contribution in [-0.2, 0) is 54.4 Å². The summed E-state index contributed by atoms with van der Waals surface area (Å²) in [7, 11) is 5.60. The van der Waals surface area contributed by atoms with Gasteiger partial charge in [0.2, 0.25) is 17.6 Å². The first kappa shape index (κ1) is 57.0. The molecule has 12 rings (SSSR count). The Morgan fingerprint density at radius 2 is 0.963 bits per heavy atom. The van der Waals surface area contributed by atoms with Crippen molar-refractivity contribution in [3.63, 3.8) is 0 Å². The number of carbonyl (C=O) groups is 3. The van der Waals surface area contributed by atoms with Gasteiger partial charge in [-0.1, -0.05) is 31.2 Å². The van der Waals surface area contributed by atoms with Crippen LogP contribution in [0.5, 0.6) is 17.6 Å². The molecule has 8 aromatic heterocycles. The molecule has 9 aromatic rings. The number of alkyl halides is 2. The monoisotopic (exact) mass is 1120 g/mol. The smallest absolute Gasteiger partial charge is 0.270 e. The topological polar surface area (TPSA) is 202 Å². The lowest BCUT2D eigenvalue weighted by molar-refractivity contribution is -0.118. The van der Waals surface area contributed by atoms with Crippen molar-refractivity contribution in [2.75, 3.05) is 0 Å². The third-order valence-corrected chi connectivity index (χ3v) is 15.9. The zero-order valence-electron chi connectivity index (χ0n) is 48.0. The van der Waals surface area contributed by atoms with Gasteiger partial charge in [0.15, 0.2) is 0 Å². The number of ketones is 3. The lowest BCUT2D eigenvalue weighted by atomic mass is 10.0. The predicted molar refractivity (Wildman–Crippen MR) is 307 cm³/mol. The van der Waals surface area contributed by atoms with Crippen LogP contribution in [0.4, 0.5) is 8.78 Å². The highest BCUT2D eigenvalue weighted by Crippen LogP contribution is 2.37. The molecule has 20 heteroatoms. The van der Waals surface area contributed by atoms with Crippen molar-refractivity contribution in [1.29, 1.82) is 0 Å². The molecule has 6 atom stereocenters. The number of halogens is 2. The SMILES string of the molecule is CCc1ccc(-c2cc3nn(C)cc3c(O[C@H](C)[C@H]3CCC(=O)C3)n2)cn1.CCn1cc(-c2cc3nn(C)cc3c(O[C@H](C)[C@H]3CCC(=O)C3)n2)cn1.C[C@@H](Oc1nc(-c2ccc(C(C)(F)F)cc2)cc2nn(C)cc12)[C@H]1CCC(=O)C1. The van der Waals surface area contributed by atoms with Crippen molar-refractivity contribution in [3.05, 3.63) is 103 Å². The molecular formula is C62H70F2N12O6. The Morgan fingerprint density at radius 3 is 1.30 bits per heavy atom. The minimum Gasteiger partial charge on any atom is -0.474 e. The third kappa shape index (κ3) is 13.1. The van der Waals surface area contributed by atoms with E-state index in [9.17, 15) is 23.2 Å². The van der Waals surface area contributed by atoms with E-state index in [0.29, 0.717) is 84.5 Å². The summed E-state index contributed by atoms with van der Waals surface area (Å²) in [6, 6.07) is 15.9. The molecule has 3 fully saturated rings. The highest BCUT2D eigenvalue weighted by molar-refractivity contribution is 5.89. The van der Waals surface area contributed by atoms with E-state index < -0.39 is 5.92 Å². The van der Waals surface area contributed by atoms with Crippen LogP contribution in [0.2, 0.25) is 0 Å². The van der Waals surface area contributed by atoms with Gasteiger partial charge < -0.3 is 14.2 Å². The molecule has 428 valence electrons. The van der Waals surface area contributed by atoms with Crippen LogP contribution in [0.1, 0.15) is 111 Å². The molecule has 0 saturated heterocycles. The van der Waals surface area contributed by atoms with Crippen LogP contribution in [0, 0.1) is 17.8 Å². The predicted octanol–water partition coefficient (Wildman–Crippen LogP) is 11.6. The Morgan fingerprint density at radius 1 is 0.561 bits per heavy atom. The minimum atomic E-state index is -2.89. The summed E-state index contributed by atoms with van der Waals surface area (Å²) in [6.07, 6.45) is 18.2. The van der Waals surface area contributed by atoms with E-state index in [1.54, 1.807) is 26.2 Å². The number of aromatic nitrogens is 12. The van der Waals surface area contributed by atoms with Crippen molar-refractivity contribution in [1.82, 2.24) is 59.1 Å². The maximum Gasteiger partial charge on any atom is 0.270 e. The molecule has 1 aromatic carbocycles. The number of ether oxygens (including phenoxy) is 3. The Balaban J connectivity index is 0.000000138. The van der Waals surface area contributed by atoms with Crippen LogP contribution in [0.15, 0.2) is 91.8 Å². The van der Waals surface area contributed by atoms with Crippen LogP contribution in [0.3, 0.4) is 0 Å². The number of carbonyl (C=O) groups excluding carboxylic acids is 3. The summed E-state index contributed by atoms with van der Waals surface area (Å²) in [5.41, 5.74) is 8.17. The first-order valence-corrected chi connectivity index (χ1v) is 28.3. The third-order valence-electron chi connectivity index (χ3n) is 15.9. The maximum absolute atomic E-state index is 13.5. The van der Waals surface area contributed by atoms with E-state index >= 15 is 0 Å². The fourth-order valence-corrected chi connectivity index (χ4v) is 11.0. The van der Waals surface area contributed by atoms with Gasteiger partial charge in [0.1, 0.15) is 35.7 Å². The second kappa shape index (κ2) is 24.0. The molecule has 0 amide bonds. The number of nitrogens with zero attached hydrogens (tertiary/aromatic N) is 12. The molecule has 0 spiro atoms. The molecular weight excluding hydrogens is 1050 g/mol. The van der Waals surface area contributed by atoms with Gasteiger partial charge in [-0.05, 0) is 83.7 Å². The molecule has 82 heavy (non-hydrogen) atoms. The molecule has 0 N–H and O–H groups in total. The number of rotatable bonds is 15. The summed E-state index contributed by atoms with van der Waals surface area (Å²) in [5, 5.41) is 20.4. The normalized spacial score (nSPS) is 18.4. The van der Waals surface area contributed by atoms with Gasteiger partial charge in [-0.3, -0.25) is 38.1 Å². The number of hydrogen-bond donors (Lipinski definition) is 0.